The molecule has 0 saturated carbocycles. The van der Waals surface area contributed by atoms with E-state index in [2.05, 4.69) is 56.7 Å². The van der Waals surface area contributed by atoms with Crippen molar-refractivity contribution in [3.05, 3.63) is 45.9 Å². The number of piperazine rings is 1. The quantitative estimate of drug-likeness (QED) is 0.524. The summed E-state index contributed by atoms with van der Waals surface area (Å²) in [7, 11) is 0. The molecular weight excluding hydrogens is 396 g/mol. The number of para-hydroxylation sites is 1. The van der Waals surface area contributed by atoms with E-state index in [4.69, 9.17) is 0 Å². The molecule has 30 heavy (non-hydrogen) atoms. The van der Waals surface area contributed by atoms with Crippen LogP contribution >= 0.6 is 11.3 Å². The fourth-order valence-corrected chi connectivity index (χ4v) is 4.25. The van der Waals surface area contributed by atoms with Crippen LogP contribution in [0, 0.1) is 13.8 Å². The van der Waals surface area contributed by atoms with E-state index in [1.54, 1.807) is 11.3 Å². The minimum Gasteiger partial charge on any atom is -0.368 e. The lowest BCUT2D eigenvalue weighted by atomic mass is 10.2. The van der Waals surface area contributed by atoms with Crippen molar-refractivity contribution in [3.8, 4) is 0 Å². The van der Waals surface area contributed by atoms with Gasteiger partial charge in [-0.25, -0.2) is 9.98 Å². The summed E-state index contributed by atoms with van der Waals surface area (Å²) in [5.41, 5.74) is 2.30. The normalized spacial score (nSPS) is 14.7. The van der Waals surface area contributed by atoms with Crippen LogP contribution in [0.5, 0.6) is 0 Å². The van der Waals surface area contributed by atoms with Gasteiger partial charge in [0.25, 0.3) is 0 Å². The third-order valence-electron chi connectivity index (χ3n) is 5.17. The molecule has 8 heteroatoms. The van der Waals surface area contributed by atoms with Crippen LogP contribution < -0.4 is 15.5 Å². The highest BCUT2D eigenvalue weighted by Gasteiger charge is 2.20. The fourth-order valence-electron chi connectivity index (χ4n) is 3.39. The summed E-state index contributed by atoms with van der Waals surface area (Å²) in [4.78, 5) is 27.3. The van der Waals surface area contributed by atoms with Gasteiger partial charge in [0, 0.05) is 56.3 Å². The van der Waals surface area contributed by atoms with Crippen molar-refractivity contribution in [2.75, 3.05) is 44.2 Å². The summed E-state index contributed by atoms with van der Waals surface area (Å²) in [5, 5.41) is 7.52. The third-order valence-corrected chi connectivity index (χ3v) is 6.23. The van der Waals surface area contributed by atoms with E-state index in [1.807, 2.05) is 24.8 Å². The van der Waals surface area contributed by atoms with Crippen LogP contribution in [-0.4, -0.2) is 61.0 Å². The molecule has 2 heterocycles. The van der Waals surface area contributed by atoms with Gasteiger partial charge in [0.15, 0.2) is 5.96 Å². The Morgan fingerprint density at radius 1 is 1.13 bits per heavy atom. The van der Waals surface area contributed by atoms with E-state index < -0.39 is 0 Å². The van der Waals surface area contributed by atoms with Crippen LogP contribution in [0.1, 0.15) is 28.9 Å². The summed E-state index contributed by atoms with van der Waals surface area (Å²) in [6, 6.07) is 10.4. The van der Waals surface area contributed by atoms with Crippen LogP contribution in [0.2, 0.25) is 0 Å². The lowest BCUT2D eigenvalue weighted by molar-refractivity contribution is -0.131. The number of nitrogens with one attached hydrogen (secondary N) is 2. The number of nitrogens with zero attached hydrogens (tertiary/aromatic N) is 4. The Morgan fingerprint density at radius 2 is 1.87 bits per heavy atom. The predicted octanol–water partition coefficient (Wildman–Crippen LogP) is 2.55. The maximum atomic E-state index is 12.6. The first-order valence-electron chi connectivity index (χ1n) is 10.6. The van der Waals surface area contributed by atoms with Gasteiger partial charge >= 0.3 is 0 Å². The second-order valence-corrected chi connectivity index (χ2v) is 8.61. The molecule has 1 amide bonds. The van der Waals surface area contributed by atoms with E-state index in [-0.39, 0.29) is 5.91 Å². The number of benzene rings is 1. The number of carbonyl (C=O) groups is 1. The number of rotatable bonds is 7. The van der Waals surface area contributed by atoms with Crippen LogP contribution in [0.15, 0.2) is 35.3 Å². The van der Waals surface area contributed by atoms with Crippen molar-refractivity contribution in [1.82, 2.24) is 20.5 Å². The molecule has 1 aromatic heterocycles. The minimum atomic E-state index is 0.192. The Hall–Kier alpha value is -2.61. The molecule has 2 N–H and O–H groups in total. The number of anilines is 1. The van der Waals surface area contributed by atoms with Crippen LogP contribution in [0.25, 0.3) is 0 Å². The van der Waals surface area contributed by atoms with Gasteiger partial charge in [-0.15, -0.1) is 11.3 Å². The van der Waals surface area contributed by atoms with Crippen molar-refractivity contribution in [2.45, 2.75) is 33.7 Å². The lowest BCUT2D eigenvalue weighted by Gasteiger charge is -2.36. The Kier molecular flexibility index (Phi) is 8.07. The molecule has 2 aromatic rings. The average Bonchev–Trinajstić information content (AvgIpc) is 3.10. The van der Waals surface area contributed by atoms with Gasteiger partial charge in [-0.3, -0.25) is 4.79 Å². The number of amides is 1. The third kappa shape index (κ3) is 6.19. The zero-order valence-electron chi connectivity index (χ0n) is 18.1. The number of hydrogen-bond acceptors (Lipinski definition) is 5. The number of carbonyl (C=O) groups excluding carboxylic acids is 1. The van der Waals surface area contributed by atoms with Crippen molar-refractivity contribution in [3.63, 3.8) is 0 Å². The zero-order chi connectivity index (χ0) is 21.3. The second kappa shape index (κ2) is 11.0. The van der Waals surface area contributed by atoms with Crippen molar-refractivity contribution in [1.29, 1.82) is 0 Å². The highest BCUT2D eigenvalue weighted by molar-refractivity contribution is 7.11. The van der Waals surface area contributed by atoms with Gasteiger partial charge in [0.2, 0.25) is 5.91 Å². The monoisotopic (exact) mass is 428 g/mol. The molecule has 1 fully saturated rings. The molecule has 1 aliphatic heterocycles. The van der Waals surface area contributed by atoms with E-state index in [1.165, 1.54) is 10.6 Å². The molecule has 162 valence electrons. The highest BCUT2D eigenvalue weighted by Crippen LogP contribution is 2.17. The van der Waals surface area contributed by atoms with E-state index in [9.17, 15) is 4.79 Å². The van der Waals surface area contributed by atoms with Gasteiger partial charge in [0.05, 0.1) is 12.2 Å². The molecule has 0 atom stereocenters. The Bertz CT molecular complexity index is 823. The van der Waals surface area contributed by atoms with E-state index >= 15 is 0 Å². The van der Waals surface area contributed by atoms with Gasteiger partial charge in [-0.1, -0.05) is 18.2 Å². The van der Waals surface area contributed by atoms with Gasteiger partial charge in [0.1, 0.15) is 5.01 Å². The standard InChI is InChI=1S/C22H32N6OS/c1-4-23-22(25-16-20-26-17(2)18(3)30-20)24-11-10-21(29)28-14-12-27(13-15-28)19-8-6-5-7-9-19/h5-9H,4,10-16H2,1-3H3,(H2,23,24,25). The number of guanidine groups is 1. The number of thiazole rings is 1. The molecule has 0 spiro atoms. The van der Waals surface area contributed by atoms with E-state index in [0.29, 0.717) is 19.5 Å². The molecule has 0 bridgehead atoms. The molecular formula is C22H32N6OS. The largest absolute Gasteiger partial charge is 0.368 e. The number of aromatic nitrogens is 1. The number of hydrogen-bond donors (Lipinski definition) is 2. The first-order chi connectivity index (χ1) is 14.6. The molecule has 3 rings (SSSR count). The van der Waals surface area contributed by atoms with Crippen LogP contribution in [0.3, 0.4) is 0 Å². The van der Waals surface area contributed by atoms with E-state index in [0.717, 1.165) is 49.4 Å². The van der Waals surface area contributed by atoms with Gasteiger partial charge in [-0.2, -0.15) is 0 Å². The molecule has 1 aliphatic rings. The average molecular weight is 429 g/mol. The predicted molar refractivity (Wildman–Crippen MR) is 124 cm³/mol. The fraction of sp³-hybridized carbons (Fsp3) is 0.500. The maximum Gasteiger partial charge on any atom is 0.224 e. The Morgan fingerprint density at radius 3 is 2.50 bits per heavy atom. The summed E-state index contributed by atoms with van der Waals surface area (Å²) < 4.78 is 0. The summed E-state index contributed by atoms with van der Waals surface area (Å²) in [6.45, 7) is 11.3. The van der Waals surface area contributed by atoms with Crippen molar-refractivity contribution >= 4 is 28.9 Å². The van der Waals surface area contributed by atoms with Crippen LogP contribution in [-0.2, 0) is 11.3 Å². The van der Waals surface area contributed by atoms with Gasteiger partial charge in [-0.05, 0) is 32.9 Å². The molecule has 0 unspecified atom stereocenters. The summed E-state index contributed by atoms with van der Waals surface area (Å²) >= 11 is 1.68. The van der Waals surface area contributed by atoms with Crippen molar-refractivity contribution < 1.29 is 4.79 Å². The highest BCUT2D eigenvalue weighted by atomic mass is 32.1. The maximum absolute atomic E-state index is 12.6. The first kappa shape index (κ1) is 22.1. The van der Waals surface area contributed by atoms with Gasteiger partial charge < -0.3 is 20.4 Å². The number of aliphatic imine (C=N–C) groups is 1. The molecule has 0 radical (unpaired) electrons. The SMILES string of the molecule is CCNC(=NCc1nc(C)c(C)s1)NCCC(=O)N1CCN(c2ccccc2)CC1. The smallest absolute Gasteiger partial charge is 0.224 e. The topological polar surface area (TPSA) is 72.9 Å². The molecule has 1 saturated heterocycles. The first-order valence-corrected chi connectivity index (χ1v) is 11.4. The molecule has 7 nitrogen and oxygen atoms in total. The Balaban J connectivity index is 1.42. The molecule has 0 aliphatic carbocycles. The van der Waals surface area contributed by atoms with Crippen molar-refractivity contribution in [2.24, 2.45) is 4.99 Å². The van der Waals surface area contributed by atoms with Crippen LogP contribution in [0.4, 0.5) is 5.69 Å². The second-order valence-electron chi connectivity index (χ2n) is 7.32. The summed E-state index contributed by atoms with van der Waals surface area (Å²) in [6.07, 6.45) is 0.464. The summed E-state index contributed by atoms with van der Waals surface area (Å²) in [5.74, 6) is 0.918. The minimum absolute atomic E-state index is 0.192. The number of aryl methyl sites for hydroxylation is 2. The zero-order valence-corrected chi connectivity index (χ0v) is 19.0. The molecule has 1 aromatic carbocycles. The lowest BCUT2D eigenvalue weighted by Crippen LogP contribution is -2.49. The Labute approximate surface area is 183 Å².